The van der Waals surface area contributed by atoms with E-state index in [4.69, 9.17) is 0 Å². The summed E-state index contributed by atoms with van der Waals surface area (Å²) >= 11 is 0. The Kier molecular flexibility index (Phi) is 5.54. The number of rotatable bonds is 3. The van der Waals surface area contributed by atoms with Gasteiger partial charge in [-0.25, -0.2) is 17.8 Å². The van der Waals surface area contributed by atoms with Crippen molar-refractivity contribution in [3.05, 3.63) is 60.0 Å². The first-order chi connectivity index (χ1) is 13.9. The molecule has 6 nitrogen and oxygen atoms in total. The number of halogens is 1. The van der Waals surface area contributed by atoms with E-state index in [9.17, 15) is 17.6 Å². The molecule has 1 aromatic carbocycles. The van der Waals surface area contributed by atoms with Crippen LogP contribution in [0.3, 0.4) is 0 Å². The molecule has 0 aliphatic carbocycles. The summed E-state index contributed by atoms with van der Waals surface area (Å²) in [6.07, 6.45) is 2.45. The molecule has 0 saturated carbocycles. The molecule has 2 aliphatic heterocycles. The molecule has 8 heteroatoms. The molecule has 1 amide bonds. The molecule has 1 atom stereocenters. The highest BCUT2D eigenvalue weighted by molar-refractivity contribution is 7.91. The molecule has 2 saturated heterocycles. The van der Waals surface area contributed by atoms with E-state index in [1.54, 1.807) is 17.2 Å². The summed E-state index contributed by atoms with van der Waals surface area (Å²) in [6, 6.07) is 11.7. The van der Waals surface area contributed by atoms with Gasteiger partial charge < -0.3 is 9.80 Å². The van der Waals surface area contributed by atoms with Crippen LogP contribution in [0.1, 0.15) is 24.4 Å². The summed E-state index contributed by atoms with van der Waals surface area (Å²) < 4.78 is 37.4. The number of anilines is 1. The number of hydrogen-bond acceptors (Lipinski definition) is 5. The minimum absolute atomic E-state index is 0.0326. The second-order valence-corrected chi connectivity index (χ2v) is 9.97. The quantitative estimate of drug-likeness (QED) is 0.767. The molecule has 154 valence electrons. The third kappa shape index (κ3) is 4.42. The number of benzene rings is 1. The number of carbonyl (C=O) groups excluding carboxylic acids is 1. The molecule has 0 bridgehead atoms. The maximum atomic E-state index is 13.9. The van der Waals surface area contributed by atoms with Crippen molar-refractivity contribution in [2.75, 3.05) is 36.0 Å². The van der Waals surface area contributed by atoms with Crippen molar-refractivity contribution in [3.63, 3.8) is 0 Å². The van der Waals surface area contributed by atoms with Gasteiger partial charge in [0.2, 0.25) is 5.91 Å². The number of nitrogens with zero attached hydrogens (tertiary/aromatic N) is 3. The molecule has 2 fully saturated rings. The minimum atomic E-state index is -3.03. The van der Waals surface area contributed by atoms with Crippen LogP contribution in [0.2, 0.25) is 0 Å². The van der Waals surface area contributed by atoms with Gasteiger partial charge in [0, 0.05) is 31.7 Å². The normalized spacial score (nSPS) is 22.4. The van der Waals surface area contributed by atoms with Gasteiger partial charge in [-0.15, -0.1) is 0 Å². The van der Waals surface area contributed by atoms with Crippen molar-refractivity contribution in [2.24, 2.45) is 5.92 Å². The highest BCUT2D eigenvalue weighted by Crippen LogP contribution is 2.31. The lowest BCUT2D eigenvalue weighted by Gasteiger charge is -2.43. The zero-order valence-corrected chi connectivity index (χ0v) is 16.9. The van der Waals surface area contributed by atoms with Crippen molar-refractivity contribution in [1.82, 2.24) is 9.88 Å². The van der Waals surface area contributed by atoms with Gasteiger partial charge in [-0.3, -0.25) is 4.79 Å². The zero-order valence-electron chi connectivity index (χ0n) is 16.1. The molecule has 2 aromatic rings. The molecular weight excluding hydrogens is 393 g/mol. The number of aromatic nitrogens is 1. The smallest absolute Gasteiger partial charge is 0.226 e. The summed E-state index contributed by atoms with van der Waals surface area (Å²) in [6.45, 7) is 1.62. The van der Waals surface area contributed by atoms with Gasteiger partial charge in [-0.1, -0.05) is 18.2 Å². The SMILES string of the molecule is O=C(C1CCS(=O)(=O)CC1)N1CCN(c2ccccn2)CC1c1cccc(F)c1. The van der Waals surface area contributed by atoms with Crippen LogP contribution < -0.4 is 4.90 Å². The van der Waals surface area contributed by atoms with Gasteiger partial charge in [-0.2, -0.15) is 0 Å². The largest absolute Gasteiger partial charge is 0.352 e. The molecule has 1 unspecified atom stereocenters. The number of sulfone groups is 1. The summed E-state index contributed by atoms with van der Waals surface area (Å²) in [5, 5.41) is 0. The minimum Gasteiger partial charge on any atom is -0.352 e. The number of amides is 1. The van der Waals surface area contributed by atoms with Crippen LogP contribution in [-0.4, -0.2) is 55.3 Å². The summed E-state index contributed by atoms with van der Waals surface area (Å²) in [4.78, 5) is 21.6. The van der Waals surface area contributed by atoms with Gasteiger partial charge >= 0.3 is 0 Å². The van der Waals surface area contributed by atoms with Gasteiger partial charge in [0.1, 0.15) is 21.5 Å². The van der Waals surface area contributed by atoms with E-state index in [2.05, 4.69) is 9.88 Å². The second-order valence-electron chi connectivity index (χ2n) is 7.66. The van der Waals surface area contributed by atoms with Crippen molar-refractivity contribution >= 4 is 21.6 Å². The first-order valence-electron chi connectivity index (χ1n) is 9.85. The molecule has 29 heavy (non-hydrogen) atoms. The predicted octanol–water partition coefficient (Wildman–Crippen LogP) is 2.44. The van der Waals surface area contributed by atoms with Crippen LogP contribution in [0, 0.1) is 11.7 Å². The topological polar surface area (TPSA) is 70.6 Å². The molecule has 4 rings (SSSR count). The molecular formula is C21H24FN3O3S. The first-order valence-corrected chi connectivity index (χ1v) is 11.7. The van der Waals surface area contributed by atoms with Crippen LogP contribution in [0.25, 0.3) is 0 Å². The molecule has 2 aliphatic rings. The highest BCUT2D eigenvalue weighted by Gasteiger charge is 2.37. The van der Waals surface area contributed by atoms with E-state index >= 15 is 0 Å². The molecule has 0 radical (unpaired) electrons. The lowest BCUT2D eigenvalue weighted by Crippen LogP contribution is -2.53. The Hall–Kier alpha value is -2.48. The maximum Gasteiger partial charge on any atom is 0.226 e. The van der Waals surface area contributed by atoms with Crippen LogP contribution in [0.5, 0.6) is 0 Å². The van der Waals surface area contributed by atoms with E-state index in [1.807, 2.05) is 24.3 Å². The Morgan fingerprint density at radius 2 is 1.86 bits per heavy atom. The second kappa shape index (κ2) is 8.10. The Bertz CT molecular complexity index is 970. The number of hydrogen-bond donors (Lipinski definition) is 0. The summed E-state index contributed by atoms with van der Waals surface area (Å²) in [7, 11) is -3.03. The summed E-state index contributed by atoms with van der Waals surface area (Å²) in [5.41, 5.74) is 0.738. The monoisotopic (exact) mass is 417 g/mol. The van der Waals surface area contributed by atoms with Crippen LogP contribution in [-0.2, 0) is 14.6 Å². The lowest BCUT2D eigenvalue weighted by atomic mass is 9.96. The zero-order chi connectivity index (χ0) is 20.4. The first kappa shape index (κ1) is 19.8. The predicted molar refractivity (Wildman–Crippen MR) is 109 cm³/mol. The number of piperazine rings is 1. The van der Waals surface area contributed by atoms with Gasteiger partial charge in [0.05, 0.1) is 17.5 Å². The Morgan fingerprint density at radius 1 is 1.07 bits per heavy atom. The van der Waals surface area contributed by atoms with Crippen molar-refractivity contribution in [1.29, 1.82) is 0 Å². The van der Waals surface area contributed by atoms with Crippen LogP contribution in [0.15, 0.2) is 48.7 Å². The average Bonchev–Trinajstić information content (AvgIpc) is 2.73. The molecule has 3 heterocycles. The third-order valence-electron chi connectivity index (χ3n) is 5.77. The third-order valence-corrected chi connectivity index (χ3v) is 7.49. The Morgan fingerprint density at radius 3 is 2.55 bits per heavy atom. The number of pyridine rings is 1. The number of carbonyl (C=O) groups is 1. The Balaban J connectivity index is 1.59. The van der Waals surface area contributed by atoms with Crippen molar-refractivity contribution in [2.45, 2.75) is 18.9 Å². The fourth-order valence-electron chi connectivity index (χ4n) is 4.17. The standard InChI is InChI=1S/C21H24FN3O3S/c22-18-5-3-4-17(14-18)19-15-24(20-6-1-2-9-23-20)10-11-25(19)21(26)16-7-12-29(27,28)13-8-16/h1-6,9,14,16,19H,7-8,10-13,15H2. The molecule has 1 aromatic heterocycles. The van der Waals surface area contributed by atoms with Crippen LogP contribution in [0.4, 0.5) is 10.2 Å². The molecule has 0 spiro atoms. The highest BCUT2D eigenvalue weighted by atomic mass is 32.2. The van der Waals surface area contributed by atoms with E-state index in [1.165, 1.54) is 12.1 Å². The fraction of sp³-hybridized carbons (Fsp3) is 0.429. The van der Waals surface area contributed by atoms with Crippen LogP contribution >= 0.6 is 0 Å². The van der Waals surface area contributed by atoms with Gasteiger partial charge in [0.15, 0.2) is 0 Å². The Labute approximate surface area is 170 Å². The lowest BCUT2D eigenvalue weighted by molar-refractivity contribution is -0.138. The average molecular weight is 418 g/mol. The van der Waals surface area contributed by atoms with E-state index in [-0.39, 0.29) is 35.2 Å². The summed E-state index contributed by atoms with van der Waals surface area (Å²) in [5.74, 6) is 0.272. The fourth-order valence-corrected chi connectivity index (χ4v) is 5.66. The van der Waals surface area contributed by atoms with Crippen molar-refractivity contribution in [3.8, 4) is 0 Å². The van der Waals surface area contributed by atoms with Gasteiger partial charge in [0.25, 0.3) is 0 Å². The van der Waals surface area contributed by atoms with E-state index < -0.39 is 9.84 Å². The molecule has 0 N–H and O–H groups in total. The van der Waals surface area contributed by atoms with Gasteiger partial charge in [-0.05, 0) is 42.7 Å². The maximum absolute atomic E-state index is 13.9. The van der Waals surface area contributed by atoms with E-state index in [0.29, 0.717) is 32.5 Å². The van der Waals surface area contributed by atoms with E-state index in [0.717, 1.165) is 11.4 Å². The van der Waals surface area contributed by atoms with Crippen molar-refractivity contribution < 1.29 is 17.6 Å².